The van der Waals surface area contributed by atoms with Crippen LogP contribution in [-0.4, -0.2) is 71.4 Å². The smallest absolute Gasteiger partial charge is 0.445 e. The second-order valence-corrected chi connectivity index (χ2v) is 12.2. The number of rotatable bonds is 6. The Labute approximate surface area is 247 Å². The van der Waals surface area contributed by atoms with E-state index in [1.54, 1.807) is 16.0 Å². The SMILES string of the molecule is CC1(C)OB(c2ccc(N3CCN(c4ncc([C@@H]5CCCN5C(=O)OCc5ccccc5)[nH]4)CC3=O)cc2)OC1(C)C. The second kappa shape index (κ2) is 11.1. The minimum absolute atomic E-state index is 0.00503. The minimum atomic E-state index is -0.439. The summed E-state index contributed by atoms with van der Waals surface area (Å²) < 4.78 is 17.9. The number of piperazine rings is 1. The minimum Gasteiger partial charge on any atom is -0.445 e. The summed E-state index contributed by atoms with van der Waals surface area (Å²) in [6.45, 7) is 10.4. The van der Waals surface area contributed by atoms with Crippen LogP contribution < -0.4 is 15.3 Å². The Morgan fingerprint density at radius 1 is 1.02 bits per heavy atom. The van der Waals surface area contributed by atoms with Gasteiger partial charge in [0.1, 0.15) is 13.2 Å². The Bertz CT molecular complexity index is 1410. The molecule has 2 aromatic carbocycles. The number of benzene rings is 2. The summed E-state index contributed by atoms with van der Waals surface area (Å²) in [5, 5.41) is 0. The third-order valence-corrected chi connectivity index (χ3v) is 8.88. The molecule has 0 aliphatic carbocycles. The van der Waals surface area contributed by atoms with Crippen molar-refractivity contribution in [2.75, 3.05) is 36.0 Å². The lowest BCUT2D eigenvalue weighted by atomic mass is 9.79. The zero-order chi connectivity index (χ0) is 29.5. The molecule has 11 heteroatoms. The summed E-state index contributed by atoms with van der Waals surface area (Å²) >= 11 is 0. The van der Waals surface area contributed by atoms with Crippen molar-refractivity contribution in [3.8, 4) is 0 Å². The molecule has 0 spiro atoms. The number of imidazole rings is 1. The fraction of sp³-hybridized carbons (Fsp3) is 0.452. The number of nitrogens with one attached hydrogen (secondary N) is 1. The van der Waals surface area contributed by atoms with Crippen LogP contribution in [0.4, 0.5) is 16.4 Å². The predicted molar refractivity (Wildman–Crippen MR) is 161 cm³/mol. The summed E-state index contributed by atoms with van der Waals surface area (Å²) in [4.78, 5) is 39.5. The molecule has 3 saturated heterocycles. The van der Waals surface area contributed by atoms with Crippen LogP contribution in [0.3, 0.4) is 0 Å². The Morgan fingerprint density at radius 2 is 1.74 bits per heavy atom. The van der Waals surface area contributed by atoms with E-state index in [4.69, 9.17) is 14.0 Å². The maximum absolute atomic E-state index is 13.2. The molecule has 10 nitrogen and oxygen atoms in total. The lowest BCUT2D eigenvalue weighted by Crippen LogP contribution is -2.51. The number of ether oxygens (including phenoxy) is 1. The van der Waals surface area contributed by atoms with Gasteiger partial charge in [-0.15, -0.1) is 0 Å². The lowest BCUT2D eigenvalue weighted by molar-refractivity contribution is -0.117. The molecule has 3 aromatic rings. The maximum atomic E-state index is 13.2. The van der Waals surface area contributed by atoms with E-state index in [9.17, 15) is 9.59 Å². The van der Waals surface area contributed by atoms with E-state index in [1.165, 1.54) is 0 Å². The standard InChI is InChI=1S/C31H38BN5O5/c1-30(2)31(3,4)42-32(41-30)23-12-14-24(15-13-23)36-18-17-35(20-27(36)38)28-33-19-25(34-28)26-11-8-16-37(26)29(39)40-21-22-9-6-5-7-10-22/h5-7,9-10,12-15,19,26H,8,11,16-18,20-21H2,1-4H3,(H,33,34)/t26-/m0/s1. The molecular weight excluding hydrogens is 533 g/mol. The number of H-pyrrole nitrogens is 1. The summed E-state index contributed by atoms with van der Waals surface area (Å²) in [5.74, 6) is 0.633. The number of likely N-dealkylation sites (tertiary alicyclic amines) is 1. The molecule has 42 heavy (non-hydrogen) atoms. The van der Waals surface area contributed by atoms with Crippen molar-refractivity contribution in [1.29, 1.82) is 0 Å². The summed E-state index contributed by atoms with van der Waals surface area (Å²) in [5.41, 5.74) is 2.76. The highest BCUT2D eigenvalue weighted by atomic mass is 16.7. The van der Waals surface area contributed by atoms with Crippen LogP contribution in [0.1, 0.15) is 57.8 Å². The van der Waals surface area contributed by atoms with Crippen molar-refractivity contribution in [2.24, 2.45) is 0 Å². The highest BCUT2D eigenvalue weighted by Crippen LogP contribution is 2.37. The molecule has 3 aliphatic rings. The van der Waals surface area contributed by atoms with Crippen LogP contribution >= 0.6 is 0 Å². The van der Waals surface area contributed by atoms with Gasteiger partial charge in [0.05, 0.1) is 29.1 Å². The van der Waals surface area contributed by atoms with Gasteiger partial charge < -0.3 is 28.8 Å². The molecule has 220 valence electrons. The van der Waals surface area contributed by atoms with Crippen molar-refractivity contribution >= 4 is 36.2 Å². The van der Waals surface area contributed by atoms with Crippen molar-refractivity contribution < 1.29 is 23.6 Å². The van der Waals surface area contributed by atoms with E-state index in [2.05, 4.69) is 9.97 Å². The predicted octanol–water partition coefficient (Wildman–Crippen LogP) is 4.04. The highest BCUT2D eigenvalue weighted by molar-refractivity contribution is 6.62. The third-order valence-electron chi connectivity index (χ3n) is 8.88. The van der Waals surface area contributed by atoms with E-state index in [-0.39, 0.29) is 31.2 Å². The van der Waals surface area contributed by atoms with E-state index in [1.807, 2.05) is 87.2 Å². The number of hydrogen-bond donors (Lipinski definition) is 1. The first-order valence-corrected chi connectivity index (χ1v) is 14.6. The molecule has 1 atom stereocenters. The Kier molecular flexibility index (Phi) is 7.49. The molecule has 3 aliphatic heterocycles. The van der Waals surface area contributed by atoms with E-state index >= 15 is 0 Å². The number of amides is 2. The summed E-state index contributed by atoms with van der Waals surface area (Å²) in [7, 11) is -0.439. The number of carbonyl (C=O) groups is 2. The number of aromatic nitrogens is 2. The fourth-order valence-electron chi connectivity index (χ4n) is 5.68. The second-order valence-electron chi connectivity index (χ2n) is 12.2. The van der Waals surface area contributed by atoms with Crippen LogP contribution in [0.2, 0.25) is 0 Å². The van der Waals surface area contributed by atoms with Crippen LogP contribution in [0.25, 0.3) is 0 Å². The first-order chi connectivity index (χ1) is 20.1. The molecule has 1 aromatic heterocycles. The third kappa shape index (κ3) is 5.50. The van der Waals surface area contributed by atoms with Gasteiger partial charge in [0.2, 0.25) is 11.9 Å². The lowest BCUT2D eigenvalue weighted by Gasteiger charge is -2.34. The first kappa shape index (κ1) is 28.3. The molecule has 0 bridgehead atoms. The van der Waals surface area contributed by atoms with E-state index in [0.29, 0.717) is 25.6 Å². The molecule has 0 unspecified atom stereocenters. The summed E-state index contributed by atoms with van der Waals surface area (Å²) in [6.07, 6.45) is 3.17. The maximum Gasteiger partial charge on any atom is 0.494 e. The topological polar surface area (TPSA) is 100 Å². The number of aromatic amines is 1. The Hall–Kier alpha value is -3.83. The van der Waals surface area contributed by atoms with Gasteiger partial charge in [-0.25, -0.2) is 9.78 Å². The number of carbonyl (C=O) groups excluding carboxylic acids is 2. The van der Waals surface area contributed by atoms with Crippen molar-refractivity contribution in [1.82, 2.24) is 14.9 Å². The number of anilines is 2. The molecular formula is C31H38BN5O5. The van der Waals surface area contributed by atoms with Gasteiger partial charge in [0, 0.05) is 25.3 Å². The number of nitrogens with zero attached hydrogens (tertiary/aromatic N) is 4. The zero-order valence-corrected chi connectivity index (χ0v) is 24.7. The Morgan fingerprint density at radius 3 is 2.43 bits per heavy atom. The molecule has 4 heterocycles. The van der Waals surface area contributed by atoms with Gasteiger partial charge in [-0.3, -0.25) is 9.69 Å². The molecule has 2 amide bonds. The fourth-order valence-corrected chi connectivity index (χ4v) is 5.68. The van der Waals surface area contributed by atoms with Gasteiger partial charge >= 0.3 is 13.2 Å². The van der Waals surface area contributed by atoms with Gasteiger partial charge in [-0.2, -0.15) is 0 Å². The average molecular weight is 571 g/mol. The van der Waals surface area contributed by atoms with Crippen molar-refractivity contribution in [3.05, 3.63) is 72.1 Å². The van der Waals surface area contributed by atoms with Crippen molar-refractivity contribution in [2.45, 2.75) is 64.4 Å². The largest absolute Gasteiger partial charge is 0.494 e. The van der Waals surface area contributed by atoms with Crippen LogP contribution in [0.5, 0.6) is 0 Å². The van der Waals surface area contributed by atoms with Crippen LogP contribution in [-0.2, 0) is 25.4 Å². The van der Waals surface area contributed by atoms with Gasteiger partial charge in [-0.1, -0.05) is 42.5 Å². The Balaban J connectivity index is 1.06. The van der Waals surface area contributed by atoms with Crippen molar-refractivity contribution in [3.63, 3.8) is 0 Å². The van der Waals surface area contributed by atoms with E-state index in [0.717, 1.165) is 35.2 Å². The molecule has 3 fully saturated rings. The molecule has 1 N–H and O–H groups in total. The van der Waals surface area contributed by atoms with Crippen LogP contribution in [0, 0.1) is 0 Å². The molecule has 6 rings (SSSR count). The normalized spacial score (nSPS) is 21.7. The van der Waals surface area contributed by atoms with Crippen LogP contribution in [0.15, 0.2) is 60.8 Å². The van der Waals surface area contributed by atoms with Gasteiger partial charge in [0.25, 0.3) is 0 Å². The summed E-state index contributed by atoms with van der Waals surface area (Å²) in [6, 6.07) is 17.4. The highest BCUT2D eigenvalue weighted by Gasteiger charge is 2.51. The average Bonchev–Trinajstić information content (AvgIpc) is 3.70. The van der Waals surface area contributed by atoms with Gasteiger partial charge in [-0.05, 0) is 63.7 Å². The number of hydrogen-bond acceptors (Lipinski definition) is 7. The molecule has 0 radical (unpaired) electrons. The van der Waals surface area contributed by atoms with E-state index < -0.39 is 18.3 Å². The molecule has 0 saturated carbocycles. The zero-order valence-electron chi connectivity index (χ0n) is 24.7. The quantitative estimate of drug-likeness (QED) is 0.446. The monoisotopic (exact) mass is 571 g/mol. The first-order valence-electron chi connectivity index (χ1n) is 14.6. The van der Waals surface area contributed by atoms with Gasteiger partial charge in [0.15, 0.2) is 0 Å².